The zero-order valence-corrected chi connectivity index (χ0v) is 10.7. The number of rotatable bonds is 2. The first-order valence-corrected chi connectivity index (χ1v) is 6.45. The van der Waals surface area contributed by atoms with Crippen molar-refractivity contribution < 1.29 is 9.13 Å². The van der Waals surface area contributed by atoms with E-state index < -0.39 is 0 Å². The summed E-state index contributed by atoms with van der Waals surface area (Å²) in [5.74, 6) is -0.169. The summed E-state index contributed by atoms with van der Waals surface area (Å²) < 4.78 is 18.8. The molecule has 0 aromatic heterocycles. The molecular weight excluding hydrogens is 231 g/mol. The van der Waals surface area contributed by atoms with Crippen molar-refractivity contribution in [3.8, 4) is 0 Å². The van der Waals surface area contributed by atoms with Crippen molar-refractivity contribution in [2.75, 3.05) is 31.2 Å². The number of hydrogen-bond acceptors (Lipinski definition) is 3. The Bertz CT molecular complexity index is 465. The van der Waals surface area contributed by atoms with Gasteiger partial charge in [0.25, 0.3) is 0 Å². The molecule has 0 spiro atoms. The molecule has 98 valence electrons. The van der Waals surface area contributed by atoms with Crippen molar-refractivity contribution in [2.24, 2.45) is 11.1 Å². The van der Waals surface area contributed by atoms with E-state index in [1.807, 2.05) is 6.07 Å². The lowest BCUT2D eigenvalue weighted by atomic mass is 9.85. The van der Waals surface area contributed by atoms with Crippen LogP contribution in [0.5, 0.6) is 0 Å². The molecule has 3 rings (SSSR count). The molecule has 1 aromatic carbocycles. The molecule has 18 heavy (non-hydrogen) atoms. The van der Waals surface area contributed by atoms with Gasteiger partial charge in [-0.2, -0.15) is 0 Å². The van der Waals surface area contributed by atoms with Crippen LogP contribution in [0.1, 0.15) is 12.5 Å². The van der Waals surface area contributed by atoms with E-state index in [4.69, 9.17) is 10.5 Å². The molecule has 1 fully saturated rings. The van der Waals surface area contributed by atoms with Gasteiger partial charge < -0.3 is 15.4 Å². The van der Waals surface area contributed by atoms with E-state index in [2.05, 4.69) is 11.8 Å². The van der Waals surface area contributed by atoms with Crippen molar-refractivity contribution in [1.29, 1.82) is 0 Å². The van der Waals surface area contributed by atoms with Crippen LogP contribution in [-0.2, 0) is 11.2 Å². The Labute approximate surface area is 107 Å². The van der Waals surface area contributed by atoms with Gasteiger partial charge in [-0.05, 0) is 24.1 Å². The molecule has 0 bridgehead atoms. The first kappa shape index (κ1) is 11.9. The average Bonchev–Trinajstić information content (AvgIpc) is 2.86. The van der Waals surface area contributed by atoms with Crippen LogP contribution in [0.3, 0.4) is 0 Å². The number of nitrogens with two attached hydrogens (primary N) is 1. The van der Waals surface area contributed by atoms with Gasteiger partial charge in [0.05, 0.1) is 13.2 Å². The van der Waals surface area contributed by atoms with Crippen LogP contribution in [-0.4, -0.2) is 32.3 Å². The summed E-state index contributed by atoms with van der Waals surface area (Å²) in [5.41, 5.74) is 8.33. The normalized spacial score (nSPS) is 30.8. The van der Waals surface area contributed by atoms with Crippen molar-refractivity contribution >= 4 is 5.69 Å². The fourth-order valence-electron chi connectivity index (χ4n) is 2.91. The Morgan fingerprint density at radius 1 is 1.56 bits per heavy atom. The van der Waals surface area contributed by atoms with Gasteiger partial charge in [-0.25, -0.2) is 4.39 Å². The van der Waals surface area contributed by atoms with Crippen LogP contribution < -0.4 is 10.6 Å². The number of halogens is 1. The maximum Gasteiger partial charge on any atom is 0.125 e. The van der Waals surface area contributed by atoms with Crippen molar-refractivity contribution in [2.45, 2.75) is 19.4 Å². The SMILES string of the molecule is CC1(CN2CCc3ccc(F)cc32)COCC1N. The third-order valence-electron chi connectivity index (χ3n) is 4.22. The Balaban J connectivity index is 1.82. The van der Waals surface area contributed by atoms with Gasteiger partial charge in [-0.15, -0.1) is 0 Å². The van der Waals surface area contributed by atoms with Crippen LogP contribution in [0.15, 0.2) is 18.2 Å². The predicted octanol–water partition coefficient (Wildman–Crippen LogP) is 1.55. The second kappa shape index (κ2) is 4.21. The minimum atomic E-state index is -0.169. The number of anilines is 1. The standard InChI is InChI=1S/C14H19FN2O/c1-14(9-18-7-13(14)16)8-17-5-4-10-2-3-11(15)6-12(10)17/h2-3,6,13H,4-5,7-9,16H2,1H3. The Morgan fingerprint density at radius 2 is 2.39 bits per heavy atom. The smallest absolute Gasteiger partial charge is 0.125 e. The minimum Gasteiger partial charge on any atom is -0.379 e. The quantitative estimate of drug-likeness (QED) is 0.865. The van der Waals surface area contributed by atoms with Crippen molar-refractivity contribution in [3.05, 3.63) is 29.6 Å². The summed E-state index contributed by atoms with van der Waals surface area (Å²) in [6.07, 6.45) is 0.988. The lowest BCUT2D eigenvalue weighted by Gasteiger charge is -2.33. The third-order valence-corrected chi connectivity index (χ3v) is 4.22. The van der Waals surface area contributed by atoms with E-state index in [-0.39, 0.29) is 17.3 Å². The van der Waals surface area contributed by atoms with Crippen LogP contribution in [0.2, 0.25) is 0 Å². The molecule has 4 heteroatoms. The van der Waals surface area contributed by atoms with Gasteiger partial charge in [0, 0.05) is 30.2 Å². The highest BCUT2D eigenvalue weighted by atomic mass is 19.1. The zero-order valence-electron chi connectivity index (χ0n) is 10.7. The van der Waals surface area contributed by atoms with Crippen molar-refractivity contribution in [1.82, 2.24) is 0 Å². The lowest BCUT2D eigenvalue weighted by Crippen LogP contribution is -2.46. The van der Waals surface area contributed by atoms with E-state index in [1.165, 1.54) is 11.6 Å². The highest BCUT2D eigenvalue weighted by molar-refractivity contribution is 5.58. The van der Waals surface area contributed by atoms with Gasteiger partial charge in [0.15, 0.2) is 0 Å². The molecule has 0 amide bonds. The highest BCUT2D eigenvalue weighted by Gasteiger charge is 2.40. The van der Waals surface area contributed by atoms with Crippen LogP contribution in [0.25, 0.3) is 0 Å². The Hall–Kier alpha value is -1.13. The van der Waals surface area contributed by atoms with E-state index in [9.17, 15) is 4.39 Å². The summed E-state index contributed by atoms with van der Waals surface area (Å²) in [4.78, 5) is 2.24. The molecule has 3 nitrogen and oxygen atoms in total. The molecule has 2 aliphatic heterocycles. The Morgan fingerprint density at radius 3 is 3.11 bits per heavy atom. The molecule has 2 aliphatic rings. The first-order valence-electron chi connectivity index (χ1n) is 6.45. The number of ether oxygens (including phenoxy) is 1. The molecule has 2 N–H and O–H groups in total. The van der Waals surface area contributed by atoms with Crippen LogP contribution >= 0.6 is 0 Å². The number of benzene rings is 1. The second-order valence-corrected chi connectivity index (χ2v) is 5.72. The van der Waals surface area contributed by atoms with E-state index in [0.717, 1.165) is 25.2 Å². The number of fused-ring (bicyclic) bond motifs is 1. The summed E-state index contributed by atoms with van der Waals surface area (Å²) in [5, 5.41) is 0. The first-order chi connectivity index (χ1) is 8.58. The van der Waals surface area contributed by atoms with Gasteiger partial charge in [-0.1, -0.05) is 13.0 Å². The third kappa shape index (κ3) is 1.89. The van der Waals surface area contributed by atoms with Gasteiger partial charge >= 0.3 is 0 Å². The largest absolute Gasteiger partial charge is 0.379 e. The number of nitrogens with zero attached hydrogens (tertiary/aromatic N) is 1. The fraction of sp³-hybridized carbons (Fsp3) is 0.571. The van der Waals surface area contributed by atoms with E-state index in [0.29, 0.717) is 13.2 Å². The summed E-state index contributed by atoms with van der Waals surface area (Å²) in [7, 11) is 0. The fourth-order valence-corrected chi connectivity index (χ4v) is 2.91. The lowest BCUT2D eigenvalue weighted by molar-refractivity contribution is 0.161. The van der Waals surface area contributed by atoms with Crippen molar-refractivity contribution in [3.63, 3.8) is 0 Å². The van der Waals surface area contributed by atoms with Gasteiger partial charge in [0.1, 0.15) is 5.82 Å². The van der Waals surface area contributed by atoms with Gasteiger partial charge in [0.2, 0.25) is 0 Å². The highest BCUT2D eigenvalue weighted by Crippen LogP contribution is 2.34. The average molecular weight is 250 g/mol. The monoisotopic (exact) mass is 250 g/mol. The maximum atomic E-state index is 13.3. The zero-order chi connectivity index (χ0) is 12.8. The van der Waals surface area contributed by atoms with Crippen LogP contribution in [0.4, 0.5) is 10.1 Å². The topological polar surface area (TPSA) is 38.5 Å². The predicted molar refractivity (Wildman–Crippen MR) is 69.2 cm³/mol. The Kier molecular flexibility index (Phi) is 2.79. The van der Waals surface area contributed by atoms with E-state index in [1.54, 1.807) is 6.07 Å². The molecule has 2 unspecified atom stereocenters. The molecule has 1 saturated heterocycles. The summed E-state index contributed by atoms with van der Waals surface area (Å²) in [6.45, 7) is 5.25. The molecule has 0 radical (unpaired) electrons. The maximum absolute atomic E-state index is 13.3. The molecule has 2 heterocycles. The molecule has 2 atom stereocenters. The summed E-state index contributed by atoms with van der Waals surface area (Å²) >= 11 is 0. The summed E-state index contributed by atoms with van der Waals surface area (Å²) in [6, 6.07) is 5.12. The van der Waals surface area contributed by atoms with Gasteiger partial charge in [-0.3, -0.25) is 0 Å². The van der Waals surface area contributed by atoms with Crippen LogP contribution in [0, 0.1) is 11.2 Å². The molecule has 0 aliphatic carbocycles. The van der Waals surface area contributed by atoms with E-state index >= 15 is 0 Å². The molecular formula is C14H19FN2O. The minimum absolute atomic E-state index is 0.0338. The second-order valence-electron chi connectivity index (χ2n) is 5.72. The molecule has 1 aromatic rings. The molecule has 0 saturated carbocycles. The number of hydrogen-bond donors (Lipinski definition) is 1.